The molecule has 1 amide bonds. The van der Waals surface area contributed by atoms with Crippen LogP contribution in [-0.4, -0.2) is 39.6 Å². The number of carbonyl (C=O) groups excluding carboxylic acids is 1. The number of fused-ring (bicyclic) bond motifs is 1. The Morgan fingerprint density at radius 3 is 2.90 bits per heavy atom. The van der Waals surface area contributed by atoms with Crippen molar-refractivity contribution in [2.45, 2.75) is 38.2 Å². The summed E-state index contributed by atoms with van der Waals surface area (Å²) in [4.78, 5) is 18.4. The third kappa shape index (κ3) is 2.22. The SMILES string of the molecule is CC[C@@]1(O)CCC[C@@H]2CN(C(=O)c3ccncc3)C[C@@H]21. The van der Waals surface area contributed by atoms with Gasteiger partial charge in [0.25, 0.3) is 5.91 Å². The molecular formula is C16H22N2O2. The smallest absolute Gasteiger partial charge is 0.253 e. The molecule has 0 spiro atoms. The van der Waals surface area contributed by atoms with E-state index in [1.54, 1.807) is 24.5 Å². The average Bonchev–Trinajstić information content (AvgIpc) is 2.93. The number of nitrogens with zero attached hydrogens (tertiary/aromatic N) is 2. The summed E-state index contributed by atoms with van der Waals surface area (Å²) in [7, 11) is 0. The van der Waals surface area contributed by atoms with Crippen LogP contribution in [0.5, 0.6) is 0 Å². The fraction of sp³-hybridized carbons (Fsp3) is 0.625. The molecule has 1 saturated heterocycles. The van der Waals surface area contributed by atoms with E-state index in [-0.39, 0.29) is 11.8 Å². The fourth-order valence-corrected chi connectivity index (χ4v) is 3.91. The highest BCUT2D eigenvalue weighted by Gasteiger charge is 2.48. The van der Waals surface area contributed by atoms with Crippen molar-refractivity contribution in [1.82, 2.24) is 9.88 Å². The number of likely N-dealkylation sites (tertiary alicyclic amines) is 1. The number of carbonyl (C=O) groups is 1. The Hall–Kier alpha value is -1.42. The topological polar surface area (TPSA) is 53.4 Å². The van der Waals surface area contributed by atoms with Crippen LogP contribution < -0.4 is 0 Å². The average molecular weight is 274 g/mol. The zero-order valence-electron chi connectivity index (χ0n) is 12.0. The standard InChI is InChI=1S/C16H22N2O2/c1-2-16(20)7-3-4-13-10-18(11-14(13)16)15(19)12-5-8-17-9-6-12/h5-6,8-9,13-14,20H,2-4,7,10-11H2,1H3/t13-,14+,16-/m1/s1. The molecule has 1 saturated carbocycles. The van der Waals surface area contributed by atoms with Gasteiger partial charge in [0.15, 0.2) is 0 Å². The Bertz CT molecular complexity index is 491. The molecule has 1 aromatic heterocycles. The van der Waals surface area contributed by atoms with Crippen molar-refractivity contribution in [3.05, 3.63) is 30.1 Å². The highest BCUT2D eigenvalue weighted by atomic mass is 16.3. The normalized spacial score (nSPS) is 33.0. The first-order chi connectivity index (χ1) is 9.64. The van der Waals surface area contributed by atoms with E-state index in [9.17, 15) is 9.90 Å². The van der Waals surface area contributed by atoms with Crippen LogP contribution >= 0.6 is 0 Å². The largest absolute Gasteiger partial charge is 0.390 e. The van der Waals surface area contributed by atoms with Gasteiger partial charge in [-0.15, -0.1) is 0 Å². The van der Waals surface area contributed by atoms with Gasteiger partial charge in [0.1, 0.15) is 0 Å². The fourth-order valence-electron chi connectivity index (χ4n) is 3.91. The van der Waals surface area contributed by atoms with Crippen molar-refractivity contribution in [1.29, 1.82) is 0 Å². The quantitative estimate of drug-likeness (QED) is 0.898. The van der Waals surface area contributed by atoms with Crippen molar-refractivity contribution >= 4 is 5.91 Å². The van der Waals surface area contributed by atoms with Crippen molar-refractivity contribution in [3.8, 4) is 0 Å². The van der Waals surface area contributed by atoms with Crippen LogP contribution in [0, 0.1) is 11.8 Å². The number of pyridine rings is 1. The molecule has 0 radical (unpaired) electrons. The van der Waals surface area contributed by atoms with Crippen LogP contribution in [0.1, 0.15) is 43.0 Å². The first kappa shape index (κ1) is 13.6. The molecule has 1 aliphatic heterocycles. The molecule has 0 unspecified atom stereocenters. The lowest BCUT2D eigenvalue weighted by Gasteiger charge is -2.40. The molecular weight excluding hydrogens is 252 g/mol. The summed E-state index contributed by atoms with van der Waals surface area (Å²) in [5.41, 5.74) is 0.120. The predicted molar refractivity (Wildman–Crippen MR) is 76.2 cm³/mol. The van der Waals surface area contributed by atoms with E-state index >= 15 is 0 Å². The lowest BCUT2D eigenvalue weighted by molar-refractivity contribution is -0.0609. The van der Waals surface area contributed by atoms with Gasteiger partial charge in [-0.05, 0) is 37.3 Å². The molecule has 2 aliphatic rings. The van der Waals surface area contributed by atoms with Gasteiger partial charge < -0.3 is 10.0 Å². The number of aliphatic hydroxyl groups is 1. The molecule has 1 aromatic rings. The Labute approximate surface area is 119 Å². The highest BCUT2D eigenvalue weighted by molar-refractivity contribution is 5.94. The van der Waals surface area contributed by atoms with E-state index in [1.165, 1.54) is 0 Å². The van der Waals surface area contributed by atoms with E-state index in [0.717, 1.165) is 32.2 Å². The van der Waals surface area contributed by atoms with Crippen LogP contribution in [0.3, 0.4) is 0 Å². The van der Waals surface area contributed by atoms with Crippen LogP contribution in [0.25, 0.3) is 0 Å². The molecule has 2 heterocycles. The Kier molecular flexibility index (Phi) is 3.50. The maximum atomic E-state index is 12.5. The number of hydrogen-bond acceptors (Lipinski definition) is 3. The molecule has 3 rings (SSSR count). The molecule has 1 N–H and O–H groups in total. The minimum Gasteiger partial charge on any atom is -0.390 e. The van der Waals surface area contributed by atoms with Crippen LogP contribution in [0.15, 0.2) is 24.5 Å². The monoisotopic (exact) mass is 274 g/mol. The lowest BCUT2D eigenvalue weighted by atomic mass is 9.69. The molecule has 108 valence electrons. The second-order valence-corrected chi connectivity index (χ2v) is 6.16. The molecule has 0 aromatic carbocycles. The van der Waals surface area contributed by atoms with Gasteiger partial charge in [-0.25, -0.2) is 0 Å². The highest BCUT2D eigenvalue weighted by Crippen LogP contribution is 2.44. The Morgan fingerprint density at radius 1 is 1.45 bits per heavy atom. The summed E-state index contributed by atoms with van der Waals surface area (Å²) in [6, 6.07) is 3.52. The van der Waals surface area contributed by atoms with Gasteiger partial charge >= 0.3 is 0 Å². The van der Waals surface area contributed by atoms with Gasteiger partial charge in [0, 0.05) is 37.0 Å². The van der Waals surface area contributed by atoms with E-state index in [4.69, 9.17) is 0 Å². The Balaban J connectivity index is 1.77. The van der Waals surface area contributed by atoms with E-state index in [1.807, 2.05) is 4.90 Å². The molecule has 4 heteroatoms. The molecule has 0 bridgehead atoms. The third-order valence-electron chi connectivity index (χ3n) is 5.14. The minimum atomic E-state index is -0.573. The molecule has 4 nitrogen and oxygen atoms in total. The maximum absolute atomic E-state index is 12.5. The summed E-state index contributed by atoms with van der Waals surface area (Å²) in [6.45, 7) is 3.53. The van der Waals surface area contributed by atoms with Gasteiger partial charge in [0.05, 0.1) is 5.60 Å². The molecule has 3 atom stereocenters. The van der Waals surface area contributed by atoms with Gasteiger partial charge in [-0.3, -0.25) is 9.78 Å². The summed E-state index contributed by atoms with van der Waals surface area (Å²) < 4.78 is 0. The van der Waals surface area contributed by atoms with Crippen LogP contribution in [0.2, 0.25) is 0 Å². The molecule has 2 fully saturated rings. The second-order valence-electron chi connectivity index (χ2n) is 6.16. The summed E-state index contributed by atoms with van der Waals surface area (Å²) in [5.74, 6) is 0.770. The van der Waals surface area contributed by atoms with Gasteiger partial charge in [-0.1, -0.05) is 13.3 Å². The zero-order chi connectivity index (χ0) is 14.2. The number of rotatable bonds is 2. The lowest BCUT2D eigenvalue weighted by Crippen LogP contribution is -2.44. The second kappa shape index (κ2) is 5.17. The number of amides is 1. The van der Waals surface area contributed by atoms with Crippen LogP contribution in [0.4, 0.5) is 0 Å². The van der Waals surface area contributed by atoms with E-state index in [0.29, 0.717) is 18.0 Å². The summed E-state index contributed by atoms with van der Waals surface area (Å²) in [6.07, 6.45) is 7.17. The molecule has 1 aliphatic carbocycles. The minimum absolute atomic E-state index is 0.0697. The first-order valence-corrected chi connectivity index (χ1v) is 7.56. The van der Waals surface area contributed by atoms with E-state index < -0.39 is 5.60 Å². The number of hydrogen-bond donors (Lipinski definition) is 1. The maximum Gasteiger partial charge on any atom is 0.253 e. The Morgan fingerprint density at radius 2 is 2.20 bits per heavy atom. The first-order valence-electron chi connectivity index (χ1n) is 7.56. The predicted octanol–water partition coefficient (Wildman–Crippen LogP) is 2.09. The van der Waals surface area contributed by atoms with Crippen molar-refractivity contribution in [2.24, 2.45) is 11.8 Å². The zero-order valence-corrected chi connectivity index (χ0v) is 12.0. The van der Waals surface area contributed by atoms with Crippen molar-refractivity contribution in [3.63, 3.8) is 0 Å². The van der Waals surface area contributed by atoms with Gasteiger partial charge in [-0.2, -0.15) is 0 Å². The third-order valence-corrected chi connectivity index (χ3v) is 5.14. The van der Waals surface area contributed by atoms with Crippen LogP contribution in [-0.2, 0) is 0 Å². The summed E-state index contributed by atoms with van der Waals surface area (Å²) in [5, 5.41) is 10.8. The van der Waals surface area contributed by atoms with Crippen molar-refractivity contribution < 1.29 is 9.90 Å². The number of aromatic nitrogens is 1. The van der Waals surface area contributed by atoms with Gasteiger partial charge in [0.2, 0.25) is 0 Å². The summed E-state index contributed by atoms with van der Waals surface area (Å²) >= 11 is 0. The molecule has 20 heavy (non-hydrogen) atoms. The van der Waals surface area contributed by atoms with Crippen molar-refractivity contribution in [2.75, 3.05) is 13.1 Å². The van der Waals surface area contributed by atoms with E-state index in [2.05, 4.69) is 11.9 Å².